The summed E-state index contributed by atoms with van der Waals surface area (Å²) in [6, 6.07) is 3.00. The number of ketones is 1. The van der Waals surface area contributed by atoms with Crippen LogP contribution in [0.25, 0.3) is 0 Å². The molecule has 0 radical (unpaired) electrons. The predicted octanol–water partition coefficient (Wildman–Crippen LogP) is 0.0494. The second-order valence-corrected chi connectivity index (χ2v) is 5.82. The second-order valence-electron chi connectivity index (χ2n) is 5.82. The first-order valence-electron chi connectivity index (χ1n) is 7.30. The predicted molar refractivity (Wildman–Crippen MR) is 77.9 cm³/mol. The molecule has 4 atom stereocenters. The van der Waals surface area contributed by atoms with Crippen LogP contribution in [0.5, 0.6) is 5.75 Å². The lowest BCUT2D eigenvalue weighted by Crippen LogP contribution is -2.65. The number of Topliss-reactive ketones (excluding diaryl/α,β-unsaturated/α-hetero) is 1. The first kappa shape index (κ1) is 16.1. The first-order chi connectivity index (χ1) is 11.3. The molecule has 2 heterocycles. The SMILES string of the molecule is C[C@@H](O)[C@H]1C(=O)N2C(C(=O)Oc3ccc([N+](=O)[O-])cc3)C(=O)C[C@H]12. The fraction of sp³-hybridized carbons (Fsp3) is 0.400. The molecule has 0 spiro atoms. The van der Waals surface area contributed by atoms with Crippen molar-refractivity contribution in [2.75, 3.05) is 0 Å². The van der Waals surface area contributed by atoms with E-state index in [4.69, 9.17) is 4.74 Å². The molecule has 2 fully saturated rings. The molecule has 0 aliphatic carbocycles. The summed E-state index contributed by atoms with van der Waals surface area (Å²) in [4.78, 5) is 47.5. The summed E-state index contributed by atoms with van der Waals surface area (Å²) < 4.78 is 5.06. The number of ether oxygens (including phenoxy) is 1. The minimum atomic E-state index is -1.33. The summed E-state index contributed by atoms with van der Waals surface area (Å²) in [6.07, 6.45) is -0.891. The van der Waals surface area contributed by atoms with Crippen molar-refractivity contribution >= 4 is 23.3 Å². The van der Waals surface area contributed by atoms with Crippen molar-refractivity contribution in [2.24, 2.45) is 5.92 Å². The number of esters is 1. The van der Waals surface area contributed by atoms with Crippen LogP contribution in [-0.4, -0.2) is 50.8 Å². The normalized spacial score (nSPS) is 26.6. The molecule has 1 aromatic carbocycles. The smallest absolute Gasteiger partial charge is 0.342 e. The number of rotatable bonds is 4. The van der Waals surface area contributed by atoms with Gasteiger partial charge >= 0.3 is 5.97 Å². The maximum absolute atomic E-state index is 12.2. The maximum atomic E-state index is 12.2. The van der Waals surface area contributed by atoms with Crippen LogP contribution in [-0.2, 0) is 14.4 Å². The molecular formula is C15H14N2O7. The number of β-lactam (4-membered cyclic amide) rings is 1. The number of non-ortho nitro benzene ring substituents is 1. The number of hydrogen-bond donors (Lipinski definition) is 1. The molecule has 2 aliphatic heterocycles. The van der Waals surface area contributed by atoms with E-state index in [0.29, 0.717) is 0 Å². The standard InChI is InChI=1S/C15H14N2O7/c1-7(18)12-10-6-11(19)13(16(10)14(12)20)15(21)24-9-4-2-8(3-5-9)17(22)23/h2-5,7,10,12-13,18H,6H2,1H3/t7-,10-,12-,13?/m1/s1. The number of nitrogens with zero attached hydrogens (tertiary/aromatic N) is 2. The van der Waals surface area contributed by atoms with E-state index in [-0.39, 0.29) is 17.9 Å². The van der Waals surface area contributed by atoms with E-state index >= 15 is 0 Å². The average molecular weight is 334 g/mol. The second kappa shape index (κ2) is 5.68. The van der Waals surface area contributed by atoms with Crippen molar-refractivity contribution in [1.82, 2.24) is 4.90 Å². The number of hydrogen-bond acceptors (Lipinski definition) is 7. The Kier molecular flexibility index (Phi) is 3.80. The topological polar surface area (TPSA) is 127 Å². The van der Waals surface area contributed by atoms with Gasteiger partial charge in [0.2, 0.25) is 5.91 Å². The van der Waals surface area contributed by atoms with Crippen LogP contribution < -0.4 is 4.74 Å². The third-order valence-electron chi connectivity index (χ3n) is 4.31. The number of nitro benzene ring substituents is 1. The molecule has 0 saturated carbocycles. The molecule has 24 heavy (non-hydrogen) atoms. The zero-order valence-corrected chi connectivity index (χ0v) is 12.6. The fourth-order valence-corrected chi connectivity index (χ4v) is 3.19. The number of fused-ring (bicyclic) bond motifs is 1. The Morgan fingerprint density at radius 3 is 2.54 bits per heavy atom. The monoisotopic (exact) mass is 334 g/mol. The highest BCUT2D eigenvalue weighted by molar-refractivity contribution is 6.11. The van der Waals surface area contributed by atoms with E-state index in [1.807, 2.05) is 0 Å². The Bertz CT molecular complexity index is 728. The Balaban J connectivity index is 1.72. The third kappa shape index (κ3) is 2.42. The lowest BCUT2D eigenvalue weighted by molar-refractivity contribution is -0.384. The molecule has 9 heteroatoms. The van der Waals surface area contributed by atoms with Crippen molar-refractivity contribution in [3.8, 4) is 5.75 Å². The van der Waals surface area contributed by atoms with Crippen molar-refractivity contribution in [2.45, 2.75) is 31.5 Å². The van der Waals surface area contributed by atoms with Crippen LogP contribution in [0.15, 0.2) is 24.3 Å². The molecule has 0 aromatic heterocycles. The number of carbonyl (C=O) groups is 3. The van der Waals surface area contributed by atoms with Crippen LogP contribution in [0.4, 0.5) is 5.69 Å². The first-order valence-corrected chi connectivity index (χ1v) is 7.30. The molecule has 126 valence electrons. The fourth-order valence-electron chi connectivity index (χ4n) is 3.19. The molecule has 9 nitrogen and oxygen atoms in total. The van der Waals surface area contributed by atoms with Crippen LogP contribution in [0, 0.1) is 16.0 Å². The Hall–Kier alpha value is -2.81. The van der Waals surface area contributed by atoms with Gasteiger partial charge in [-0.15, -0.1) is 0 Å². The van der Waals surface area contributed by atoms with Gasteiger partial charge in [-0.2, -0.15) is 0 Å². The van der Waals surface area contributed by atoms with Crippen molar-refractivity contribution in [3.63, 3.8) is 0 Å². The van der Waals surface area contributed by atoms with Crippen molar-refractivity contribution < 1.29 is 29.2 Å². The molecular weight excluding hydrogens is 320 g/mol. The highest BCUT2D eigenvalue weighted by Gasteiger charge is 2.61. The Labute approximate surface area is 136 Å². The highest BCUT2D eigenvalue weighted by atomic mass is 16.6. The van der Waals surface area contributed by atoms with Crippen molar-refractivity contribution in [3.05, 3.63) is 34.4 Å². The molecule has 0 bridgehead atoms. The van der Waals surface area contributed by atoms with Gasteiger partial charge in [-0.05, 0) is 19.1 Å². The summed E-state index contributed by atoms with van der Waals surface area (Å²) in [5.41, 5.74) is -0.162. The number of carbonyl (C=O) groups excluding carboxylic acids is 3. The van der Waals surface area contributed by atoms with Crippen molar-refractivity contribution in [1.29, 1.82) is 0 Å². The van der Waals surface area contributed by atoms with Crippen LogP contribution in [0.3, 0.4) is 0 Å². The van der Waals surface area contributed by atoms with Gasteiger partial charge in [0, 0.05) is 18.6 Å². The molecule has 1 unspecified atom stereocenters. The highest BCUT2D eigenvalue weighted by Crippen LogP contribution is 2.40. The van der Waals surface area contributed by atoms with Gasteiger partial charge in [0.25, 0.3) is 5.69 Å². The summed E-state index contributed by atoms with van der Waals surface area (Å²) in [7, 11) is 0. The molecule has 3 rings (SSSR count). The van der Waals surface area contributed by atoms with E-state index in [0.717, 1.165) is 4.90 Å². The number of nitro groups is 1. The zero-order chi connectivity index (χ0) is 17.6. The van der Waals surface area contributed by atoms with Gasteiger partial charge < -0.3 is 14.7 Å². The van der Waals surface area contributed by atoms with E-state index in [1.165, 1.54) is 31.2 Å². The number of benzene rings is 1. The van der Waals surface area contributed by atoms with Crippen LogP contribution >= 0.6 is 0 Å². The number of aliphatic hydroxyl groups excluding tert-OH is 1. The summed E-state index contributed by atoms with van der Waals surface area (Å²) in [5, 5.41) is 20.2. The Morgan fingerprint density at radius 2 is 2.00 bits per heavy atom. The zero-order valence-electron chi connectivity index (χ0n) is 12.6. The molecule has 2 saturated heterocycles. The maximum Gasteiger partial charge on any atom is 0.342 e. The average Bonchev–Trinajstić information content (AvgIpc) is 2.80. The van der Waals surface area contributed by atoms with E-state index in [1.54, 1.807) is 0 Å². The van der Waals surface area contributed by atoms with E-state index < -0.39 is 46.7 Å². The Morgan fingerprint density at radius 1 is 1.38 bits per heavy atom. The minimum absolute atomic E-state index is 0.00132. The summed E-state index contributed by atoms with van der Waals surface area (Å²) in [6.45, 7) is 1.47. The molecule has 2 aliphatic rings. The van der Waals surface area contributed by atoms with Gasteiger partial charge in [-0.25, -0.2) is 4.79 Å². The quantitative estimate of drug-likeness (QED) is 0.206. The summed E-state index contributed by atoms with van der Waals surface area (Å²) in [5.74, 6) is -2.43. The van der Waals surface area contributed by atoms with Gasteiger partial charge in [0.05, 0.1) is 23.0 Å². The third-order valence-corrected chi connectivity index (χ3v) is 4.31. The van der Waals surface area contributed by atoms with Crippen LogP contribution in [0.2, 0.25) is 0 Å². The van der Waals surface area contributed by atoms with Gasteiger partial charge in [0.15, 0.2) is 11.8 Å². The van der Waals surface area contributed by atoms with Gasteiger partial charge in [-0.3, -0.25) is 19.7 Å². The van der Waals surface area contributed by atoms with E-state index in [9.17, 15) is 29.6 Å². The van der Waals surface area contributed by atoms with E-state index in [2.05, 4.69) is 0 Å². The number of aliphatic hydroxyl groups is 1. The van der Waals surface area contributed by atoms with Crippen LogP contribution in [0.1, 0.15) is 13.3 Å². The lowest BCUT2D eigenvalue weighted by Gasteiger charge is -2.45. The summed E-state index contributed by atoms with van der Waals surface area (Å²) >= 11 is 0. The molecule has 1 aromatic rings. The lowest BCUT2D eigenvalue weighted by atomic mass is 9.84. The molecule has 1 amide bonds. The molecule has 1 N–H and O–H groups in total. The van der Waals surface area contributed by atoms with Gasteiger partial charge in [0.1, 0.15) is 5.75 Å². The van der Waals surface area contributed by atoms with Gasteiger partial charge in [-0.1, -0.05) is 0 Å². The largest absolute Gasteiger partial charge is 0.425 e. The number of amides is 1. The minimum Gasteiger partial charge on any atom is -0.425 e.